The molecule has 104 valence electrons. The maximum absolute atomic E-state index is 4.39. The standard InChI is InChI=1S/C15H19N5/c1-12-7-15(19-11-18-12)20-6-2-3-13(10-20)8-14-9-16-4-5-17-14/h4-5,7,9,11,13H,2-3,6,8,10H2,1H3/t13-/m0/s1. The summed E-state index contributed by atoms with van der Waals surface area (Å²) in [5, 5.41) is 0. The number of hydrogen-bond acceptors (Lipinski definition) is 5. The van der Waals surface area contributed by atoms with Crippen LogP contribution in [-0.4, -0.2) is 33.0 Å². The van der Waals surface area contributed by atoms with Gasteiger partial charge in [0, 0.05) is 43.4 Å². The van der Waals surface area contributed by atoms with Crippen molar-refractivity contribution in [2.45, 2.75) is 26.2 Å². The predicted octanol–water partition coefficient (Wildman–Crippen LogP) is 2.03. The van der Waals surface area contributed by atoms with Crippen molar-refractivity contribution in [2.75, 3.05) is 18.0 Å². The third kappa shape index (κ3) is 3.10. The van der Waals surface area contributed by atoms with Gasteiger partial charge in [0.15, 0.2) is 0 Å². The first-order chi connectivity index (χ1) is 9.81. The summed E-state index contributed by atoms with van der Waals surface area (Å²) >= 11 is 0. The molecule has 5 heteroatoms. The van der Waals surface area contributed by atoms with Crippen LogP contribution in [0.4, 0.5) is 5.82 Å². The predicted molar refractivity (Wildman–Crippen MR) is 77.4 cm³/mol. The Balaban J connectivity index is 1.67. The van der Waals surface area contributed by atoms with Gasteiger partial charge in [-0.3, -0.25) is 9.97 Å². The number of aromatic nitrogens is 4. The molecule has 20 heavy (non-hydrogen) atoms. The molecule has 1 atom stereocenters. The van der Waals surface area contributed by atoms with Gasteiger partial charge in [-0.15, -0.1) is 0 Å². The molecule has 1 aliphatic rings. The second-order valence-electron chi connectivity index (χ2n) is 5.37. The van der Waals surface area contributed by atoms with E-state index in [1.54, 1.807) is 18.7 Å². The number of aryl methyl sites for hydroxylation is 1. The summed E-state index contributed by atoms with van der Waals surface area (Å²) in [5.41, 5.74) is 2.10. The summed E-state index contributed by atoms with van der Waals surface area (Å²) in [7, 11) is 0. The van der Waals surface area contributed by atoms with Crippen molar-refractivity contribution in [3.05, 3.63) is 42.4 Å². The Morgan fingerprint density at radius 2 is 2.20 bits per heavy atom. The van der Waals surface area contributed by atoms with Crippen LogP contribution >= 0.6 is 0 Å². The maximum Gasteiger partial charge on any atom is 0.132 e. The summed E-state index contributed by atoms with van der Waals surface area (Å²) in [6.45, 7) is 4.12. The van der Waals surface area contributed by atoms with Gasteiger partial charge >= 0.3 is 0 Å². The molecule has 1 saturated heterocycles. The van der Waals surface area contributed by atoms with E-state index in [0.29, 0.717) is 5.92 Å². The molecule has 0 bridgehead atoms. The molecular formula is C15H19N5. The van der Waals surface area contributed by atoms with Crippen LogP contribution in [0.3, 0.4) is 0 Å². The molecule has 1 fully saturated rings. The van der Waals surface area contributed by atoms with Crippen molar-refractivity contribution in [2.24, 2.45) is 5.92 Å². The Kier molecular flexibility index (Phi) is 3.85. The first-order valence-electron chi connectivity index (χ1n) is 7.10. The van der Waals surface area contributed by atoms with E-state index in [4.69, 9.17) is 0 Å². The molecule has 0 unspecified atom stereocenters. The lowest BCUT2D eigenvalue weighted by atomic mass is 9.93. The van der Waals surface area contributed by atoms with Crippen molar-refractivity contribution in [1.82, 2.24) is 19.9 Å². The lowest BCUT2D eigenvalue weighted by Gasteiger charge is -2.33. The SMILES string of the molecule is Cc1cc(N2CCC[C@@H](Cc3cnccn3)C2)ncn1. The van der Waals surface area contributed by atoms with Crippen LogP contribution in [0.25, 0.3) is 0 Å². The largest absolute Gasteiger partial charge is 0.356 e. The molecule has 2 aromatic rings. The molecule has 2 aromatic heterocycles. The summed E-state index contributed by atoms with van der Waals surface area (Å²) in [6.07, 6.45) is 10.5. The summed E-state index contributed by atoms with van der Waals surface area (Å²) in [5.74, 6) is 1.66. The zero-order chi connectivity index (χ0) is 13.8. The highest BCUT2D eigenvalue weighted by Gasteiger charge is 2.21. The number of hydrogen-bond donors (Lipinski definition) is 0. The quantitative estimate of drug-likeness (QED) is 0.853. The average molecular weight is 269 g/mol. The highest BCUT2D eigenvalue weighted by atomic mass is 15.2. The zero-order valence-electron chi connectivity index (χ0n) is 11.7. The molecular weight excluding hydrogens is 250 g/mol. The molecule has 3 heterocycles. The van der Waals surface area contributed by atoms with Gasteiger partial charge in [0.25, 0.3) is 0 Å². The summed E-state index contributed by atoms with van der Waals surface area (Å²) in [6, 6.07) is 2.06. The van der Waals surface area contributed by atoms with Gasteiger partial charge in [-0.2, -0.15) is 0 Å². The topological polar surface area (TPSA) is 54.8 Å². The van der Waals surface area contributed by atoms with Crippen molar-refractivity contribution in [3.63, 3.8) is 0 Å². The second-order valence-corrected chi connectivity index (χ2v) is 5.37. The fourth-order valence-corrected chi connectivity index (χ4v) is 2.78. The molecule has 1 aliphatic heterocycles. The first kappa shape index (κ1) is 13.0. The van der Waals surface area contributed by atoms with Crippen LogP contribution in [0.2, 0.25) is 0 Å². The molecule has 0 aliphatic carbocycles. The van der Waals surface area contributed by atoms with E-state index in [0.717, 1.165) is 36.7 Å². The van der Waals surface area contributed by atoms with Gasteiger partial charge in [0.1, 0.15) is 12.1 Å². The fourth-order valence-electron chi connectivity index (χ4n) is 2.78. The average Bonchev–Trinajstić information content (AvgIpc) is 2.49. The van der Waals surface area contributed by atoms with Gasteiger partial charge in [-0.05, 0) is 32.1 Å². The van der Waals surface area contributed by atoms with Gasteiger partial charge in [-0.25, -0.2) is 9.97 Å². The van der Waals surface area contributed by atoms with Crippen molar-refractivity contribution >= 4 is 5.82 Å². The maximum atomic E-state index is 4.39. The normalized spacial score (nSPS) is 19.1. The number of rotatable bonds is 3. The molecule has 5 nitrogen and oxygen atoms in total. The van der Waals surface area contributed by atoms with E-state index in [1.165, 1.54) is 12.8 Å². The Morgan fingerprint density at radius 1 is 1.25 bits per heavy atom. The minimum Gasteiger partial charge on any atom is -0.356 e. The monoisotopic (exact) mass is 269 g/mol. The van der Waals surface area contributed by atoms with E-state index >= 15 is 0 Å². The van der Waals surface area contributed by atoms with Crippen LogP contribution in [0.1, 0.15) is 24.2 Å². The third-order valence-electron chi connectivity index (χ3n) is 3.75. The minimum atomic E-state index is 0.621. The van der Waals surface area contributed by atoms with Crippen LogP contribution in [0.15, 0.2) is 31.0 Å². The number of piperidine rings is 1. The van der Waals surface area contributed by atoms with E-state index in [2.05, 4.69) is 30.9 Å². The minimum absolute atomic E-state index is 0.621. The number of anilines is 1. The Hall–Kier alpha value is -2.04. The highest BCUT2D eigenvalue weighted by Crippen LogP contribution is 2.23. The van der Waals surface area contributed by atoms with Gasteiger partial charge < -0.3 is 4.90 Å². The zero-order valence-corrected chi connectivity index (χ0v) is 11.7. The lowest BCUT2D eigenvalue weighted by Crippen LogP contribution is -2.37. The molecule has 0 spiro atoms. The fraction of sp³-hybridized carbons (Fsp3) is 0.467. The van der Waals surface area contributed by atoms with Crippen LogP contribution in [-0.2, 0) is 6.42 Å². The Labute approximate surface area is 119 Å². The van der Waals surface area contributed by atoms with Crippen molar-refractivity contribution < 1.29 is 0 Å². The Morgan fingerprint density at radius 3 is 3.00 bits per heavy atom. The first-order valence-corrected chi connectivity index (χ1v) is 7.10. The van der Waals surface area contributed by atoms with Gasteiger partial charge in [0.05, 0.1) is 5.69 Å². The van der Waals surface area contributed by atoms with E-state index in [-0.39, 0.29) is 0 Å². The van der Waals surface area contributed by atoms with E-state index in [9.17, 15) is 0 Å². The third-order valence-corrected chi connectivity index (χ3v) is 3.75. The highest BCUT2D eigenvalue weighted by molar-refractivity contribution is 5.39. The molecule has 0 radical (unpaired) electrons. The van der Waals surface area contributed by atoms with Gasteiger partial charge in [0.2, 0.25) is 0 Å². The molecule has 0 saturated carbocycles. The van der Waals surface area contributed by atoms with E-state index in [1.807, 2.05) is 13.1 Å². The molecule has 0 N–H and O–H groups in total. The van der Waals surface area contributed by atoms with Crippen LogP contribution < -0.4 is 4.90 Å². The van der Waals surface area contributed by atoms with E-state index < -0.39 is 0 Å². The van der Waals surface area contributed by atoms with Gasteiger partial charge in [-0.1, -0.05) is 0 Å². The Bertz CT molecular complexity index is 557. The van der Waals surface area contributed by atoms with Crippen LogP contribution in [0, 0.1) is 12.8 Å². The molecule has 0 amide bonds. The second kappa shape index (κ2) is 5.94. The lowest BCUT2D eigenvalue weighted by molar-refractivity contribution is 0.407. The smallest absolute Gasteiger partial charge is 0.132 e. The van der Waals surface area contributed by atoms with Crippen molar-refractivity contribution in [1.29, 1.82) is 0 Å². The number of nitrogens with zero attached hydrogens (tertiary/aromatic N) is 5. The molecule has 0 aromatic carbocycles. The summed E-state index contributed by atoms with van der Waals surface area (Å²) < 4.78 is 0. The van der Waals surface area contributed by atoms with Crippen LogP contribution in [0.5, 0.6) is 0 Å². The summed E-state index contributed by atoms with van der Waals surface area (Å²) in [4.78, 5) is 19.4. The molecule has 3 rings (SSSR count). The van der Waals surface area contributed by atoms with Crippen molar-refractivity contribution in [3.8, 4) is 0 Å².